The van der Waals surface area contributed by atoms with E-state index in [0.29, 0.717) is 6.17 Å². The van der Waals surface area contributed by atoms with Gasteiger partial charge in [-0.25, -0.2) is 0 Å². The van der Waals surface area contributed by atoms with Crippen LogP contribution in [0.1, 0.15) is 40.0 Å². The number of nitrogens with one attached hydrogen (secondary N) is 1. The van der Waals surface area contributed by atoms with E-state index in [1.165, 1.54) is 12.8 Å². The second-order valence-electron chi connectivity index (χ2n) is 5.54. The maximum atomic E-state index is 6.07. The van der Waals surface area contributed by atoms with E-state index in [1.807, 2.05) is 24.4 Å². The number of hydrogen-bond acceptors (Lipinski definition) is 3. The molecule has 0 fully saturated rings. The molecule has 0 saturated carbocycles. The van der Waals surface area contributed by atoms with Crippen LogP contribution in [-0.4, -0.2) is 29.1 Å². The number of aromatic nitrogens is 1. The number of anilines is 1. The highest BCUT2D eigenvalue weighted by molar-refractivity contribution is 6.31. The lowest BCUT2D eigenvalue weighted by molar-refractivity contribution is 0.225. The summed E-state index contributed by atoms with van der Waals surface area (Å²) >= 11 is 6.07. The van der Waals surface area contributed by atoms with Gasteiger partial charge in [0, 0.05) is 22.3 Å². The van der Waals surface area contributed by atoms with Crippen LogP contribution in [-0.2, 0) is 0 Å². The van der Waals surface area contributed by atoms with Crippen LogP contribution in [0, 0.1) is 0 Å². The van der Waals surface area contributed by atoms with E-state index < -0.39 is 0 Å². The minimum absolute atomic E-state index is 0.358. The van der Waals surface area contributed by atoms with Gasteiger partial charge in [0.2, 0.25) is 0 Å². The van der Waals surface area contributed by atoms with Gasteiger partial charge in [-0.15, -0.1) is 0 Å². The Labute approximate surface area is 138 Å². The third-order valence-electron chi connectivity index (χ3n) is 4.11. The number of fused-ring (bicyclic) bond motifs is 1. The molecule has 0 amide bonds. The molecule has 0 aliphatic carbocycles. The molecule has 3 nitrogen and oxygen atoms in total. The first-order valence-corrected chi connectivity index (χ1v) is 8.62. The van der Waals surface area contributed by atoms with Gasteiger partial charge in [0.25, 0.3) is 0 Å². The Bertz CT molecular complexity index is 596. The summed E-state index contributed by atoms with van der Waals surface area (Å²) < 4.78 is 0. The fraction of sp³-hybridized carbons (Fsp3) is 0.500. The zero-order valence-electron chi connectivity index (χ0n) is 13.8. The van der Waals surface area contributed by atoms with Crippen molar-refractivity contribution in [3.63, 3.8) is 0 Å². The predicted octanol–water partition coefficient (Wildman–Crippen LogP) is 5.16. The molecule has 0 aliphatic rings. The first-order chi connectivity index (χ1) is 10.7. The maximum absolute atomic E-state index is 6.07. The first kappa shape index (κ1) is 17.0. The summed E-state index contributed by atoms with van der Waals surface area (Å²) in [4.78, 5) is 6.89. The lowest BCUT2D eigenvalue weighted by Gasteiger charge is -2.31. The fourth-order valence-electron chi connectivity index (χ4n) is 2.83. The quantitative estimate of drug-likeness (QED) is 0.681. The van der Waals surface area contributed by atoms with Crippen molar-refractivity contribution in [2.24, 2.45) is 0 Å². The third kappa shape index (κ3) is 4.11. The molecule has 2 aromatic rings. The lowest BCUT2D eigenvalue weighted by Crippen LogP contribution is -2.40. The molecule has 120 valence electrons. The molecule has 1 heterocycles. The number of benzene rings is 1. The SMILES string of the molecule is CCCCC(Nc1ccnc2cc(Cl)ccc12)N(CC)CC. The second kappa shape index (κ2) is 8.35. The Morgan fingerprint density at radius 1 is 1.18 bits per heavy atom. The van der Waals surface area contributed by atoms with Gasteiger partial charge in [0.15, 0.2) is 0 Å². The van der Waals surface area contributed by atoms with Gasteiger partial charge in [-0.1, -0.05) is 45.2 Å². The van der Waals surface area contributed by atoms with E-state index in [1.54, 1.807) is 0 Å². The standard InChI is InChI=1S/C18H26ClN3/c1-4-7-8-18(22(5-2)6-3)21-16-11-12-20-17-13-14(19)9-10-15(16)17/h9-13,18H,4-8H2,1-3H3,(H,20,21). The molecule has 1 aromatic carbocycles. The highest BCUT2D eigenvalue weighted by Gasteiger charge is 2.16. The zero-order chi connectivity index (χ0) is 15.9. The topological polar surface area (TPSA) is 28.2 Å². The second-order valence-corrected chi connectivity index (χ2v) is 5.98. The Morgan fingerprint density at radius 2 is 1.95 bits per heavy atom. The van der Waals surface area contributed by atoms with Crippen LogP contribution in [0.15, 0.2) is 30.5 Å². The summed E-state index contributed by atoms with van der Waals surface area (Å²) in [6.07, 6.45) is 5.79. The molecule has 4 heteroatoms. The fourth-order valence-corrected chi connectivity index (χ4v) is 3.00. The molecular weight excluding hydrogens is 294 g/mol. The van der Waals surface area contributed by atoms with E-state index in [4.69, 9.17) is 11.6 Å². The minimum atomic E-state index is 0.358. The van der Waals surface area contributed by atoms with Crippen LogP contribution < -0.4 is 5.32 Å². The van der Waals surface area contributed by atoms with Gasteiger partial charge in [0.05, 0.1) is 11.7 Å². The molecule has 22 heavy (non-hydrogen) atoms. The van der Waals surface area contributed by atoms with E-state index in [9.17, 15) is 0 Å². The molecule has 1 aromatic heterocycles. The van der Waals surface area contributed by atoms with Gasteiger partial charge < -0.3 is 5.32 Å². The zero-order valence-corrected chi connectivity index (χ0v) is 14.5. The molecule has 1 N–H and O–H groups in total. The van der Waals surface area contributed by atoms with Gasteiger partial charge in [-0.05, 0) is 43.8 Å². The van der Waals surface area contributed by atoms with Gasteiger partial charge >= 0.3 is 0 Å². The molecule has 0 bridgehead atoms. The van der Waals surface area contributed by atoms with Crippen molar-refractivity contribution in [1.82, 2.24) is 9.88 Å². The number of halogens is 1. The Kier molecular flexibility index (Phi) is 6.47. The average molecular weight is 320 g/mol. The molecule has 0 radical (unpaired) electrons. The van der Waals surface area contributed by atoms with E-state index >= 15 is 0 Å². The van der Waals surface area contributed by atoms with E-state index in [2.05, 4.69) is 42.0 Å². The van der Waals surface area contributed by atoms with Crippen molar-refractivity contribution in [2.45, 2.75) is 46.2 Å². The van der Waals surface area contributed by atoms with Crippen LogP contribution >= 0.6 is 11.6 Å². The molecule has 1 atom stereocenters. The van der Waals surface area contributed by atoms with E-state index in [-0.39, 0.29) is 0 Å². The van der Waals surface area contributed by atoms with Crippen LogP contribution in [0.25, 0.3) is 10.9 Å². The summed E-state index contributed by atoms with van der Waals surface area (Å²) in [6, 6.07) is 7.94. The lowest BCUT2D eigenvalue weighted by atomic mass is 10.1. The largest absolute Gasteiger partial charge is 0.369 e. The van der Waals surface area contributed by atoms with Crippen molar-refractivity contribution in [3.05, 3.63) is 35.5 Å². The van der Waals surface area contributed by atoms with E-state index in [0.717, 1.165) is 41.1 Å². The number of pyridine rings is 1. The highest BCUT2D eigenvalue weighted by Crippen LogP contribution is 2.26. The molecule has 2 rings (SSSR count). The molecular formula is C18H26ClN3. The normalized spacial score (nSPS) is 12.8. The first-order valence-electron chi connectivity index (χ1n) is 8.24. The smallest absolute Gasteiger partial charge is 0.0793 e. The molecule has 0 aliphatic heterocycles. The van der Waals surface area contributed by atoms with Gasteiger partial charge in [-0.2, -0.15) is 0 Å². The van der Waals surface area contributed by atoms with Crippen LogP contribution in [0.2, 0.25) is 5.02 Å². The number of hydrogen-bond donors (Lipinski definition) is 1. The van der Waals surface area contributed by atoms with Crippen molar-refractivity contribution in [2.75, 3.05) is 18.4 Å². The number of unbranched alkanes of at least 4 members (excludes halogenated alkanes) is 1. The van der Waals surface area contributed by atoms with Crippen molar-refractivity contribution >= 4 is 28.2 Å². The van der Waals surface area contributed by atoms with Crippen molar-refractivity contribution in [3.8, 4) is 0 Å². The van der Waals surface area contributed by atoms with Gasteiger partial charge in [-0.3, -0.25) is 9.88 Å². The predicted molar refractivity (Wildman–Crippen MR) is 96.6 cm³/mol. The van der Waals surface area contributed by atoms with Crippen molar-refractivity contribution < 1.29 is 0 Å². The van der Waals surface area contributed by atoms with Gasteiger partial charge in [0.1, 0.15) is 0 Å². The minimum Gasteiger partial charge on any atom is -0.369 e. The Hall–Kier alpha value is -1.32. The van der Waals surface area contributed by atoms with Crippen molar-refractivity contribution in [1.29, 1.82) is 0 Å². The molecule has 1 unspecified atom stereocenters. The summed E-state index contributed by atoms with van der Waals surface area (Å²) in [7, 11) is 0. The monoisotopic (exact) mass is 319 g/mol. The average Bonchev–Trinajstić information content (AvgIpc) is 2.53. The molecule has 0 saturated heterocycles. The number of nitrogens with zero attached hydrogens (tertiary/aromatic N) is 2. The van der Waals surface area contributed by atoms with Crippen LogP contribution in [0.3, 0.4) is 0 Å². The summed E-state index contributed by atoms with van der Waals surface area (Å²) in [5, 5.41) is 5.57. The van der Waals surface area contributed by atoms with Crippen LogP contribution in [0.5, 0.6) is 0 Å². The maximum Gasteiger partial charge on any atom is 0.0793 e. The summed E-state index contributed by atoms with van der Waals surface area (Å²) in [5.41, 5.74) is 2.07. The Morgan fingerprint density at radius 3 is 2.64 bits per heavy atom. The number of rotatable bonds is 8. The highest BCUT2D eigenvalue weighted by atomic mass is 35.5. The summed E-state index contributed by atoms with van der Waals surface area (Å²) in [6.45, 7) is 8.77. The molecule has 0 spiro atoms. The Balaban J connectivity index is 2.28. The summed E-state index contributed by atoms with van der Waals surface area (Å²) in [5.74, 6) is 0. The van der Waals surface area contributed by atoms with Crippen LogP contribution in [0.4, 0.5) is 5.69 Å². The third-order valence-corrected chi connectivity index (χ3v) is 4.35.